The zero-order valence-electron chi connectivity index (χ0n) is 13.3. The van der Waals surface area contributed by atoms with Gasteiger partial charge in [-0.1, -0.05) is 20.3 Å². The number of fused-ring (bicyclic) bond motifs is 1. The minimum absolute atomic E-state index is 0.675. The Morgan fingerprint density at radius 1 is 1.19 bits per heavy atom. The highest BCUT2D eigenvalue weighted by Crippen LogP contribution is 2.19. The summed E-state index contributed by atoms with van der Waals surface area (Å²) in [6, 6.07) is 0. The second-order valence-corrected chi connectivity index (χ2v) is 7.11. The van der Waals surface area contributed by atoms with Crippen LogP contribution in [0.3, 0.4) is 0 Å². The lowest BCUT2D eigenvalue weighted by molar-refractivity contribution is 0.645. The van der Waals surface area contributed by atoms with Gasteiger partial charge in [-0.05, 0) is 25.3 Å². The third kappa shape index (κ3) is 3.90. The van der Waals surface area contributed by atoms with E-state index in [0.717, 1.165) is 60.6 Å². The van der Waals surface area contributed by atoms with E-state index < -0.39 is 10.8 Å². The highest BCUT2D eigenvalue weighted by Gasteiger charge is 2.11. The SMILES string of the molecule is CCCCS(=O)CCCn1c(CC)nc2cncc(C)c21. The van der Waals surface area contributed by atoms with Gasteiger partial charge >= 0.3 is 0 Å². The Morgan fingerprint density at radius 3 is 2.67 bits per heavy atom. The smallest absolute Gasteiger partial charge is 0.109 e. The summed E-state index contributed by atoms with van der Waals surface area (Å²) in [5, 5.41) is 0. The third-order valence-electron chi connectivity index (χ3n) is 3.71. The molecule has 0 saturated heterocycles. The number of hydrogen-bond acceptors (Lipinski definition) is 3. The van der Waals surface area contributed by atoms with E-state index in [1.165, 1.54) is 5.52 Å². The molecule has 0 amide bonds. The molecule has 0 spiro atoms. The van der Waals surface area contributed by atoms with Crippen LogP contribution in [0.2, 0.25) is 0 Å². The highest BCUT2D eigenvalue weighted by molar-refractivity contribution is 7.84. The number of hydrogen-bond donors (Lipinski definition) is 0. The Morgan fingerprint density at radius 2 is 1.95 bits per heavy atom. The first kappa shape index (κ1) is 16.1. The largest absolute Gasteiger partial charge is 0.328 e. The summed E-state index contributed by atoms with van der Waals surface area (Å²) in [5.74, 6) is 2.72. The van der Waals surface area contributed by atoms with Crippen molar-refractivity contribution in [3.8, 4) is 0 Å². The second kappa shape index (κ2) is 7.69. The molecule has 2 aromatic rings. The van der Waals surface area contributed by atoms with E-state index >= 15 is 0 Å². The van der Waals surface area contributed by atoms with Crippen LogP contribution in [0.25, 0.3) is 11.0 Å². The van der Waals surface area contributed by atoms with Crippen LogP contribution in [0.1, 0.15) is 44.5 Å². The van der Waals surface area contributed by atoms with Gasteiger partial charge < -0.3 is 4.57 Å². The minimum Gasteiger partial charge on any atom is -0.328 e. The topological polar surface area (TPSA) is 47.8 Å². The van der Waals surface area contributed by atoms with Gasteiger partial charge in [-0.2, -0.15) is 0 Å². The van der Waals surface area contributed by atoms with Gasteiger partial charge in [0.2, 0.25) is 0 Å². The lowest BCUT2D eigenvalue weighted by Crippen LogP contribution is -2.09. The molecule has 4 nitrogen and oxygen atoms in total. The predicted molar refractivity (Wildman–Crippen MR) is 89.0 cm³/mol. The molecule has 0 radical (unpaired) electrons. The van der Waals surface area contributed by atoms with Gasteiger partial charge in [0.1, 0.15) is 11.3 Å². The van der Waals surface area contributed by atoms with E-state index in [-0.39, 0.29) is 0 Å². The summed E-state index contributed by atoms with van der Waals surface area (Å²) in [6.45, 7) is 7.23. The fourth-order valence-corrected chi connectivity index (χ4v) is 3.87. The average Bonchev–Trinajstić information content (AvgIpc) is 2.84. The van der Waals surface area contributed by atoms with E-state index in [0.29, 0.717) is 0 Å². The standard InChI is InChI=1S/C16H25N3OS/c1-4-6-9-21(20)10-7-8-19-15(5-2)18-14-12-17-11-13(3)16(14)19/h11-12H,4-10H2,1-3H3. The maximum Gasteiger partial charge on any atom is 0.109 e. The molecule has 0 saturated carbocycles. The first-order valence-corrected chi connectivity index (χ1v) is 9.30. The fourth-order valence-electron chi connectivity index (χ4n) is 2.61. The molecule has 2 rings (SSSR count). The Bertz CT molecular complexity index is 621. The molecule has 0 N–H and O–H groups in total. The summed E-state index contributed by atoms with van der Waals surface area (Å²) in [7, 11) is -0.675. The van der Waals surface area contributed by atoms with Crippen LogP contribution in [-0.4, -0.2) is 30.2 Å². The first-order valence-electron chi connectivity index (χ1n) is 7.82. The normalized spacial score (nSPS) is 12.9. The van der Waals surface area contributed by atoms with Crippen molar-refractivity contribution in [1.29, 1.82) is 0 Å². The Kier molecular flexibility index (Phi) is 5.91. The maximum atomic E-state index is 11.9. The molecular weight excluding hydrogens is 282 g/mol. The number of pyridine rings is 1. The van der Waals surface area contributed by atoms with E-state index in [2.05, 4.69) is 35.3 Å². The third-order valence-corrected chi connectivity index (χ3v) is 5.20. The maximum absolute atomic E-state index is 11.9. The fraction of sp³-hybridized carbons (Fsp3) is 0.625. The number of aromatic nitrogens is 3. The molecule has 0 aliphatic heterocycles. The van der Waals surface area contributed by atoms with E-state index in [4.69, 9.17) is 0 Å². The van der Waals surface area contributed by atoms with Crippen LogP contribution in [0.15, 0.2) is 12.4 Å². The minimum atomic E-state index is -0.675. The number of rotatable bonds is 8. The van der Waals surface area contributed by atoms with Crippen LogP contribution >= 0.6 is 0 Å². The Hall–Kier alpha value is -1.23. The first-order chi connectivity index (χ1) is 10.2. The molecule has 0 aromatic carbocycles. The number of nitrogens with zero attached hydrogens (tertiary/aromatic N) is 3. The molecule has 2 heterocycles. The van der Waals surface area contributed by atoms with Crippen LogP contribution in [0, 0.1) is 6.92 Å². The monoisotopic (exact) mass is 307 g/mol. The van der Waals surface area contributed by atoms with Gasteiger partial charge in [-0.3, -0.25) is 9.19 Å². The highest BCUT2D eigenvalue weighted by atomic mass is 32.2. The summed E-state index contributed by atoms with van der Waals surface area (Å²) >= 11 is 0. The van der Waals surface area contributed by atoms with Crippen molar-refractivity contribution in [2.24, 2.45) is 0 Å². The molecule has 5 heteroatoms. The second-order valence-electron chi connectivity index (χ2n) is 5.41. The van der Waals surface area contributed by atoms with Crippen molar-refractivity contribution in [2.75, 3.05) is 11.5 Å². The average molecular weight is 307 g/mol. The van der Waals surface area contributed by atoms with Crippen LogP contribution in [0.5, 0.6) is 0 Å². The lowest BCUT2D eigenvalue weighted by atomic mass is 10.2. The zero-order valence-corrected chi connectivity index (χ0v) is 14.1. The number of aryl methyl sites for hydroxylation is 3. The van der Waals surface area contributed by atoms with Crippen molar-refractivity contribution < 1.29 is 4.21 Å². The molecule has 0 aliphatic carbocycles. The van der Waals surface area contributed by atoms with Gasteiger partial charge in [-0.15, -0.1) is 0 Å². The molecule has 0 bridgehead atoms. The molecule has 116 valence electrons. The number of unbranched alkanes of at least 4 members (excludes halogenated alkanes) is 1. The van der Waals surface area contributed by atoms with Crippen molar-refractivity contribution >= 4 is 21.8 Å². The molecule has 0 aliphatic rings. The van der Waals surface area contributed by atoms with Crippen LogP contribution < -0.4 is 0 Å². The molecule has 0 fully saturated rings. The summed E-state index contributed by atoms with van der Waals surface area (Å²) in [5.41, 5.74) is 3.31. The lowest BCUT2D eigenvalue weighted by Gasteiger charge is -2.09. The van der Waals surface area contributed by atoms with Gasteiger partial charge in [0.05, 0.1) is 11.7 Å². The van der Waals surface area contributed by atoms with Crippen molar-refractivity contribution in [1.82, 2.24) is 14.5 Å². The van der Waals surface area contributed by atoms with E-state index in [9.17, 15) is 4.21 Å². The van der Waals surface area contributed by atoms with Gasteiger partial charge in [-0.25, -0.2) is 4.98 Å². The summed E-state index contributed by atoms with van der Waals surface area (Å²) < 4.78 is 14.2. The van der Waals surface area contributed by atoms with Gasteiger partial charge in [0, 0.05) is 41.5 Å². The van der Waals surface area contributed by atoms with Gasteiger partial charge in [0.15, 0.2) is 0 Å². The van der Waals surface area contributed by atoms with E-state index in [1.807, 2.05) is 12.4 Å². The quantitative estimate of drug-likeness (QED) is 0.752. The zero-order chi connectivity index (χ0) is 15.2. The molecule has 2 aromatic heterocycles. The van der Waals surface area contributed by atoms with Crippen LogP contribution in [0.4, 0.5) is 0 Å². The predicted octanol–water partition coefficient (Wildman–Crippen LogP) is 3.24. The van der Waals surface area contributed by atoms with Crippen LogP contribution in [-0.2, 0) is 23.8 Å². The summed E-state index contributed by atoms with van der Waals surface area (Å²) in [6.07, 6.45) is 7.75. The molecule has 1 unspecified atom stereocenters. The Labute approximate surface area is 129 Å². The molecule has 21 heavy (non-hydrogen) atoms. The van der Waals surface area contributed by atoms with Gasteiger partial charge in [0.25, 0.3) is 0 Å². The van der Waals surface area contributed by atoms with Crippen molar-refractivity contribution in [3.05, 3.63) is 23.8 Å². The molecular formula is C16H25N3OS. The van der Waals surface area contributed by atoms with E-state index in [1.54, 1.807) is 0 Å². The van der Waals surface area contributed by atoms with Crippen molar-refractivity contribution in [2.45, 2.75) is 53.0 Å². The molecule has 1 atom stereocenters. The Balaban J connectivity index is 2.09. The summed E-state index contributed by atoms with van der Waals surface area (Å²) in [4.78, 5) is 8.88. The number of imidazole rings is 1. The van der Waals surface area contributed by atoms with Crippen molar-refractivity contribution in [3.63, 3.8) is 0 Å².